The van der Waals surface area contributed by atoms with Crippen LogP contribution >= 0.6 is 11.3 Å². The fourth-order valence-corrected chi connectivity index (χ4v) is 2.08. The Balaban J connectivity index is 2.23. The number of thiazole rings is 1. The Morgan fingerprint density at radius 2 is 2.33 bits per heavy atom. The van der Waals surface area contributed by atoms with E-state index in [2.05, 4.69) is 10.3 Å². The van der Waals surface area contributed by atoms with Crippen molar-refractivity contribution in [1.82, 2.24) is 4.98 Å². The molecule has 0 aliphatic carbocycles. The molecule has 6 heteroatoms. The quantitative estimate of drug-likeness (QED) is 0.903. The van der Waals surface area contributed by atoms with Crippen LogP contribution in [0.2, 0.25) is 0 Å². The first-order valence-electron chi connectivity index (χ1n) is 5.03. The lowest BCUT2D eigenvalue weighted by Crippen LogP contribution is -2.12. The van der Waals surface area contributed by atoms with E-state index in [1.807, 2.05) is 6.07 Å². The largest absolute Gasteiger partial charge is 0.319 e. The van der Waals surface area contributed by atoms with Crippen molar-refractivity contribution in [2.45, 2.75) is 6.92 Å². The highest BCUT2D eigenvalue weighted by molar-refractivity contribution is 7.12. The SMILES string of the molecule is Cc1ncsc1C(=O)Nc1ccc(C#N)cc1F. The van der Waals surface area contributed by atoms with Crippen LogP contribution in [0, 0.1) is 24.1 Å². The van der Waals surface area contributed by atoms with Crippen molar-refractivity contribution in [3.05, 3.63) is 45.7 Å². The van der Waals surface area contributed by atoms with Crippen LogP contribution < -0.4 is 5.32 Å². The lowest BCUT2D eigenvalue weighted by atomic mass is 10.2. The van der Waals surface area contributed by atoms with Gasteiger partial charge in [0.2, 0.25) is 0 Å². The number of benzene rings is 1. The average molecular weight is 261 g/mol. The van der Waals surface area contributed by atoms with Gasteiger partial charge in [-0.3, -0.25) is 4.79 Å². The number of halogens is 1. The molecule has 2 aromatic rings. The van der Waals surface area contributed by atoms with Crippen LogP contribution in [0.4, 0.5) is 10.1 Å². The van der Waals surface area contributed by atoms with Crippen molar-refractivity contribution in [3.63, 3.8) is 0 Å². The monoisotopic (exact) mass is 261 g/mol. The summed E-state index contributed by atoms with van der Waals surface area (Å²) in [5, 5.41) is 11.1. The van der Waals surface area contributed by atoms with Gasteiger partial charge < -0.3 is 5.32 Å². The lowest BCUT2D eigenvalue weighted by Gasteiger charge is -2.05. The van der Waals surface area contributed by atoms with E-state index in [-0.39, 0.29) is 11.3 Å². The van der Waals surface area contributed by atoms with Crippen LogP contribution in [0.25, 0.3) is 0 Å². The third kappa shape index (κ3) is 2.36. The number of nitrogens with zero attached hydrogens (tertiary/aromatic N) is 2. The van der Waals surface area contributed by atoms with Crippen LogP contribution in [0.3, 0.4) is 0 Å². The van der Waals surface area contributed by atoms with Gasteiger partial charge in [-0.2, -0.15) is 5.26 Å². The maximum Gasteiger partial charge on any atom is 0.267 e. The molecule has 0 spiro atoms. The molecule has 0 unspecified atom stereocenters. The standard InChI is InChI=1S/C12H8FN3OS/c1-7-11(18-6-15-7)12(17)16-10-3-2-8(5-14)4-9(10)13/h2-4,6H,1H3,(H,16,17). The molecule has 0 saturated carbocycles. The molecule has 90 valence electrons. The Labute approximate surface area is 107 Å². The second kappa shape index (κ2) is 4.94. The van der Waals surface area contributed by atoms with Crippen molar-refractivity contribution >= 4 is 22.9 Å². The Morgan fingerprint density at radius 1 is 1.56 bits per heavy atom. The number of carbonyl (C=O) groups excluding carboxylic acids is 1. The van der Waals surface area contributed by atoms with Gasteiger partial charge in [0.25, 0.3) is 5.91 Å². The molecule has 18 heavy (non-hydrogen) atoms. The van der Waals surface area contributed by atoms with E-state index in [0.29, 0.717) is 10.6 Å². The average Bonchev–Trinajstić information content (AvgIpc) is 2.78. The first kappa shape index (κ1) is 12.2. The molecule has 0 bridgehead atoms. The van der Waals surface area contributed by atoms with Crippen molar-refractivity contribution in [3.8, 4) is 6.07 Å². The molecule has 0 aliphatic heterocycles. The minimum Gasteiger partial charge on any atom is -0.319 e. The van der Waals surface area contributed by atoms with Gasteiger partial charge >= 0.3 is 0 Å². The third-order valence-corrected chi connectivity index (χ3v) is 3.23. The van der Waals surface area contributed by atoms with E-state index in [9.17, 15) is 9.18 Å². The van der Waals surface area contributed by atoms with E-state index in [4.69, 9.17) is 5.26 Å². The van der Waals surface area contributed by atoms with Crippen LogP contribution in [0.15, 0.2) is 23.7 Å². The highest BCUT2D eigenvalue weighted by Crippen LogP contribution is 2.19. The summed E-state index contributed by atoms with van der Waals surface area (Å²) >= 11 is 1.19. The highest BCUT2D eigenvalue weighted by atomic mass is 32.1. The molecule has 1 N–H and O–H groups in total. The zero-order valence-corrected chi connectivity index (χ0v) is 10.2. The molecule has 1 aromatic heterocycles. The number of hydrogen-bond acceptors (Lipinski definition) is 4. The number of nitriles is 1. The molecule has 2 rings (SSSR count). The molecule has 1 aromatic carbocycles. The molecule has 0 radical (unpaired) electrons. The summed E-state index contributed by atoms with van der Waals surface area (Å²) in [5.74, 6) is -1.04. The van der Waals surface area contributed by atoms with E-state index < -0.39 is 11.7 Å². The van der Waals surface area contributed by atoms with Crippen molar-refractivity contribution < 1.29 is 9.18 Å². The van der Waals surface area contributed by atoms with Gasteiger partial charge in [-0.15, -0.1) is 11.3 Å². The number of amides is 1. The number of nitrogens with one attached hydrogen (secondary N) is 1. The summed E-state index contributed by atoms with van der Waals surface area (Å²) in [6.07, 6.45) is 0. The highest BCUT2D eigenvalue weighted by Gasteiger charge is 2.13. The molecule has 0 fully saturated rings. The van der Waals surface area contributed by atoms with E-state index in [1.165, 1.54) is 23.5 Å². The van der Waals surface area contributed by atoms with Gasteiger partial charge in [0.15, 0.2) is 0 Å². The predicted molar refractivity (Wildman–Crippen MR) is 65.9 cm³/mol. The number of aromatic nitrogens is 1. The normalized spacial score (nSPS) is 9.83. The maximum atomic E-state index is 13.6. The third-order valence-electron chi connectivity index (χ3n) is 2.30. The minimum atomic E-state index is -0.635. The van der Waals surface area contributed by atoms with E-state index in [0.717, 1.165) is 6.07 Å². The molecular formula is C12H8FN3OS. The van der Waals surface area contributed by atoms with Crippen LogP contribution in [-0.4, -0.2) is 10.9 Å². The number of aryl methyl sites for hydroxylation is 1. The fraction of sp³-hybridized carbons (Fsp3) is 0.0833. The summed E-state index contributed by atoms with van der Waals surface area (Å²) in [6.45, 7) is 1.71. The summed E-state index contributed by atoms with van der Waals surface area (Å²) in [4.78, 5) is 16.2. The lowest BCUT2D eigenvalue weighted by molar-refractivity contribution is 0.102. The Morgan fingerprint density at radius 3 is 2.89 bits per heavy atom. The Kier molecular flexibility index (Phi) is 3.35. The van der Waals surface area contributed by atoms with Crippen LogP contribution in [0.5, 0.6) is 0 Å². The molecule has 1 heterocycles. The van der Waals surface area contributed by atoms with Gasteiger partial charge in [-0.05, 0) is 25.1 Å². The van der Waals surface area contributed by atoms with Gasteiger partial charge in [-0.1, -0.05) is 0 Å². The van der Waals surface area contributed by atoms with Gasteiger partial charge in [0, 0.05) is 0 Å². The second-order valence-corrected chi connectivity index (χ2v) is 4.38. The number of rotatable bonds is 2. The van der Waals surface area contributed by atoms with Gasteiger partial charge in [0.1, 0.15) is 10.7 Å². The zero-order chi connectivity index (χ0) is 13.1. The minimum absolute atomic E-state index is 0.0480. The molecule has 1 amide bonds. The van der Waals surface area contributed by atoms with E-state index >= 15 is 0 Å². The van der Waals surface area contributed by atoms with Crippen LogP contribution in [-0.2, 0) is 0 Å². The molecule has 0 atom stereocenters. The topological polar surface area (TPSA) is 65.8 Å². The van der Waals surface area contributed by atoms with Crippen molar-refractivity contribution in [1.29, 1.82) is 5.26 Å². The fourth-order valence-electron chi connectivity index (χ4n) is 1.38. The summed E-state index contributed by atoms with van der Waals surface area (Å²) in [7, 11) is 0. The molecule has 0 aliphatic rings. The summed E-state index contributed by atoms with van der Waals surface area (Å²) < 4.78 is 13.6. The first-order valence-corrected chi connectivity index (χ1v) is 5.91. The van der Waals surface area contributed by atoms with Gasteiger partial charge in [-0.25, -0.2) is 9.37 Å². The van der Waals surface area contributed by atoms with Gasteiger partial charge in [0.05, 0.1) is 28.5 Å². The first-order chi connectivity index (χ1) is 8.61. The molecule has 4 nitrogen and oxygen atoms in total. The van der Waals surface area contributed by atoms with E-state index in [1.54, 1.807) is 12.4 Å². The predicted octanol–water partition coefficient (Wildman–Crippen LogP) is 2.71. The zero-order valence-electron chi connectivity index (χ0n) is 9.40. The number of hydrogen-bond donors (Lipinski definition) is 1. The number of carbonyl (C=O) groups is 1. The maximum absolute atomic E-state index is 13.6. The Bertz CT molecular complexity index is 645. The Hall–Kier alpha value is -2.26. The van der Waals surface area contributed by atoms with Crippen LogP contribution in [0.1, 0.15) is 20.9 Å². The van der Waals surface area contributed by atoms with Crippen molar-refractivity contribution in [2.24, 2.45) is 0 Å². The molecule has 0 saturated heterocycles. The smallest absolute Gasteiger partial charge is 0.267 e. The number of anilines is 1. The molecular weight excluding hydrogens is 253 g/mol. The van der Waals surface area contributed by atoms with Crippen molar-refractivity contribution in [2.75, 3.05) is 5.32 Å². The summed E-state index contributed by atoms with van der Waals surface area (Å²) in [6, 6.07) is 5.71. The second-order valence-electron chi connectivity index (χ2n) is 3.53. The summed E-state index contributed by atoms with van der Waals surface area (Å²) in [5.41, 5.74) is 2.41.